The lowest BCUT2D eigenvalue weighted by Gasteiger charge is -2.08. The summed E-state index contributed by atoms with van der Waals surface area (Å²) in [5.41, 5.74) is 3.34. The first-order valence-electron chi connectivity index (χ1n) is 9.39. The van der Waals surface area contributed by atoms with Crippen molar-refractivity contribution < 1.29 is 13.2 Å². The van der Waals surface area contributed by atoms with Crippen molar-refractivity contribution in [3.8, 4) is 10.6 Å². The Kier molecular flexibility index (Phi) is 7.15. The fourth-order valence-electron chi connectivity index (χ4n) is 2.72. The Hall–Kier alpha value is -2.81. The predicted octanol–water partition coefficient (Wildman–Crippen LogP) is 3.56. The summed E-state index contributed by atoms with van der Waals surface area (Å²) in [5.74, 6) is -0.349. The third kappa shape index (κ3) is 5.63. The number of nitrogens with one attached hydrogen (secondary N) is 2. The predicted molar refractivity (Wildman–Crippen MR) is 120 cm³/mol. The highest BCUT2D eigenvalue weighted by Gasteiger charge is 2.16. The van der Waals surface area contributed by atoms with Crippen molar-refractivity contribution in [1.29, 1.82) is 0 Å². The van der Waals surface area contributed by atoms with E-state index in [0.29, 0.717) is 13.0 Å². The van der Waals surface area contributed by atoms with Crippen LogP contribution in [-0.2, 0) is 16.4 Å². The highest BCUT2D eigenvalue weighted by atomic mass is 32.2. The minimum Gasteiger partial charge on any atom is -0.349 e. The Labute approximate surface area is 180 Å². The second kappa shape index (κ2) is 9.80. The summed E-state index contributed by atoms with van der Waals surface area (Å²) in [7, 11) is -3.73. The zero-order valence-corrected chi connectivity index (χ0v) is 18.2. The van der Waals surface area contributed by atoms with E-state index in [4.69, 9.17) is 0 Å². The van der Waals surface area contributed by atoms with Crippen LogP contribution in [0.1, 0.15) is 21.6 Å². The molecule has 8 heteroatoms. The van der Waals surface area contributed by atoms with E-state index < -0.39 is 10.0 Å². The fraction of sp³-hybridized carbons (Fsp3) is 0.182. The van der Waals surface area contributed by atoms with Crippen molar-refractivity contribution in [3.63, 3.8) is 0 Å². The van der Waals surface area contributed by atoms with Crippen LogP contribution < -0.4 is 10.0 Å². The number of benzene rings is 2. The monoisotopic (exact) mass is 441 g/mol. The quantitative estimate of drug-likeness (QED) is 0.497. The van der Waals surface area contributed by atoms with Crippen molar-refractivity contribution in [2.75, 3.05) is 13.1 Å². The van der Waals surface area contributed by atoms with E-state index in [-0.39, 0.29) is 22.9 Å². The maximum absolute atomic E-state index is 12.6. The molecule has 0 bridgehead atoms. The first-order valence-corrected chi connectivity index (χ1v) is 11.8. The smallest absolute Gasteiger partial charge is 0.251 e. The molecule has 0 saturated carbocycles. The number of hydrogen-bond donors (Lipinski definition) is 2. The van der Waals surface area contributed by atoms with Gasteiger partial charge in [0.05, 0.1) is 10.6 Å². The van der Waals surface area contributed by atoms with Gasteiger partial charge >= 0.3 is 0 Å². The van der Waals surface area contributed by atoms with Gasteiger partial charge in [-0.05, 0) is 25.1 Å². The Bertz CT molecular complexity index is 1140. The van der Waals surface area contributed by atoms with Crippen molar-refractivity contribution in [3.05, 3.63) is 83.4 Å². The molecule has 0 spiro atoms. The summed E-state index contributed by atoms with van der Waals surface area (Å²) in [4.78, 5) is 16.7. The van der Waals surface area contributed by atoms with Gasteiger partial charge in [-0.2, -0.15) is 0 Å². The van der Waals surface area contributed by atoms with E-state index in [1.54, 1.807) is 18.2 Å². The Morgan fingerprint density at radius 1 is 1.20 bits per heavy atom. The molecule has 0 atom stereocenters. The molecule has 2 N–H and O–H groups in total. The number of aryl methyl sites for hydroxylation is 1. The maximum atomic E-state index is 12.6. The molecule has 3 aromatic rings. The van der Waals surface area contributed by atoms with Crippen molar-refractivity contribution >= 4 is 27.3 Å². The first-order chi connectivity index (χ1) is 14.4. The molecular weight excluding hydrogens is 418 g/mol. The molecule has 30 heavy (non-hydrogen) atoms. The van der Waals surface area contributed by atoms with Gasteiger partial charge in [0.15, 0.2) is 0 Å². The summed E-state index contributed by atoms with van der Waals surface area (Å²) < 4.78 is 27.8. The zero-order chi connectivity index (χ0) is 21.6. The molecule has 1 amide bonds. The van der Waals surface area contributed by atoms with Crippen LogP contribution in [0.4, 0.5) is 0 Å². The van der Waals surface area contributed by atoms with Crippen LogP contribution in [0.25, 0.3) is 10.6 Å². The number of nitrogens with zero attached hydrogens (tertiary/aromatic N) is 1. The van der Waals surface area contributed by atoms with Crippen LogP contribution in [0, 0.1) is 6.92 Å². The van der Waals surface area contributed by atoms with Crippen LogP contribution in [-0.4, -0.2) is 32.4 Å². The van der Waals surface area contributed by atoms with E-state index in [1.807, 2.05) is 36.6 Å². The number of rotatable bonds is 9. The molecule has 0 fully saturated rings. The number of amides is 1. The second-order valence-electron chi connectivity index (χ2n) is 6.68. The molecular formula is C22H23N3O3S2. The van der Waals surface area contributed by atoms with Crippen LogP contribution >= 0.6 is 11.3 Å². The average molecular weight is 442 g/mol. The molecule has 0 aliphatic heterocycles. The lowest BCUT2D eigenvalue weighted by Crippen LogP contribution is -2.27. The van der Waals surface area contributed by atoms with Crippen molar-refractivity contribution in [2.24, 2.45) is 0 Å². The molecule has 2 aromatic carbocycles. The molecule has 1 heterocycles. The van der Waals surface area contributed by atoms with Gasteiger partial charge in [0, 0.05) is 36.0 Å². The molecule has 0 saturated heterocycles. The van der Waals surface area contributed by atoms with Crippen LogP contribution in [0.15, 0.2) is 71.5 Å². The number of carbonyl (C=O) groups is 1. The van der Waals surface area contributed by atoms with E-state index in [0.717, 1.165) is 16.3 Å². The molecule has 1 aromatic heterocycles. The molecule has 3 rings (SSSR count). The molecule has 0 aliphatic carbocycles. The van der Waals surface area contributed by atoms with E-state index in [2.05, 4.69) is 21.6 Å². The van der Waals surface area contributed by atoms with Gasteiger partial charge in [-0.3, -0.25) is 4.79 Å². The Balaban J connectivity index is 1.61. The summed E-state index contributed by atoms with van der Waals surface area (Å²) in [5, 5.41) is 5.48. The van der Waals surface area contributed by atoms with Crippen LogP contribution in [0.2, 0.25) is 0 Å². The first kappa shape index (κ1) is 21.9. The number of carbonyl (C=O) groups excluding carboxylic acids is 1. The highest BCUT2D eigenvalue weighted by Crippen LogP contribution is 2.24. The Morgan fingerprint density at radius 3 is 2.70 bits per heavy atom. The van der Waals surface area contributed by atoms with E-state index in [9.17, 15) is 13.2 Å². The molecule has 0 radical (unpaired) electrons. The lowest BCUT2D eigenvalue weighted by atomic mass is 10.2. The van der Waals surface area contributed by atoms with Crippen LogP contribution in [0.5, 0.6) is 0 Å². The number of sulfonamides is 1. The maximum Gasteiger partial charge on any atom is 0.251 e. The minimum atomic E-state index is -3.73. The molecule has 0 unspecified atom stereocenters. The standard InChI is InChI=1S/C22H23N3O3S2/c1-3-12-23-21(26)18-5-4-6-20(14-18)30(27,28)24-13-11-19-15-29-22(25-19)17-9-7-16(2)8-10-17/h3-10,14-15,24H,1,11-13H2,2H3,(H,23,26). The van der Waals surface area contributed by atoms with Gasteiger partial charge in [0.1, 0.15) is 5.01 Å². The van der Waals surface area contributed by atoms with Crippen molar-refractivity contribution in [2.45, 2.75) is 18.2 Å². The average Bonchev–Trinajstić information content (AvgIpc) is 3.21. The zero-order valence-electron chi connectivity index (χ0n) is 16.6. The SMILES string of the molecule is C=CCNC(=O)c1cccc(S(=O)(=O)NCCc2csc(-c3ccc(C)cc3)n2)c1. The van der Waals surface area contributed by atoms with Gasteiger partial charge in [0.2, 0.25) is 10.0 Å². The van der Waals surface area contributed by atoms with Gasteiger partial charge in [0.25, 0.3) is 5.91 Å². The molecule has 156 valence electrons. The largest absolute Gasteiger partial charge is 0.349 e. The van der Waals surface area contributed by atoms with E-state index >= 15 is 0 Å². The molecule has 6 nitrogen and oxygen atoms in total. The van der Waals surface area contributed by atoms with Gasteiger partial charge in [-0.25, -0.2) is 18.1 Å². The molecule has 0 aliphatic rings. The number of thiazole rings is 1. The lowest BCUT2D eigenvalue weighted by molar-refractivity contribution is 0.0958. The fourth-order valence-corrected chi connectivity index (χ4v) is 4.66. The number of aromatic nitrogens is 1. The van der Waals surface area contributed by atoms with Crippen LogP contribution in [0.3, 0.4) is 0 Å². The Morgan fingerprint density at radius 2 is 1.97 bits per heavy atom. The topological polar surface area (TPSA) is 88.2 Å². The van der Waals surface area contributed by atoms with E-state index in [1.165, 1.54) is 29.0 Å². The van der Waals surface area contributed by atoms with Gasteiger partial charge < -0.3 is 5.32 Å². The van der Waals surface area contributed by atoms with Gasteiger partial charge in [-0.1, -0.05) is 42.0 Å². The summed E-state index contributed by atoms with van der Waals surface area (Å²) in [6.45, 7) is 6.10. The summed E-state index contributed by atoms with van der Waals surface area (Å²) >= 11 is 1.53. The third-order valence-corrected chi connectivity index (χ3v) is 6.74. The minimum absolute atomic E-state index is 0.0485. The third-order valence-electron chi connectivity index (χ3n) is 4.34. The normalized spacial score (nSPS) is 11.2. The second-order valence-corrected chi connectivity index (χ2v) is 9.31. The summed E-state index contributed by atoms with van der Waals surface area (Å²) in [6, 6.07) is 14.1. The van der Waals surface area contributed by atoms with Gasteiger partial charge in [-0.15, -0.1) is 17.9 Å². The summed E-state index contributed by atoms with van der Waals surface area (Å²) in [6.07, 6.45) is 2.03. The number of hydrogen-bond acceptors (Lipinski definition) is 5. The van der Waals surface area contributed by atoms with Crippen molar-refractivity contribution in [1.82, 2.24) is 15.0 Å². The highest BCUT2D eigenvalue weighted by molar-refractivity contribution is 7.89.